The van der Waals surface area contributed by atoms with Gasteiger partial charge in [-0.05, 0) is 74.7 Å². The normalized spacial score (nSPS) is 16.0. The summed E-state index contributed by atoms with van der Waals surface area (Å²) in [5, 5.41) is 3.35. The van der Waals surface area contributed by atoms with Crippen LogP contribution in [0.3, 0.4) is 0 Å². The van der Waals surface area contributed by atoms with Gasteiger partial charge in [-0.15, -0.1) is 0 Å². The zero-order chi connectivity index (χ0) is 21.0. The highest BCUT2D eigenvalue weighted by molar-refractivity contribution is 7.92. The number of nitrogens with one attached hydrogen (secondary N) is 1. The van der Waals surface area contributed by atoms with Crippen molar-refractivity contribution in [2.45, 2.75) is 37.6 Å². The van der Waals surface area contributed by atoms with Gasteiger partial charge < -0.3 is 10.1 Å². The van der Waals surface area contributed by atoms with Crippen LogP contribution < -0.4 is 9.62 Å². The third kappa shape index (κ3) is 4.74. The largest absolute Gasteiger partial charge is 0.382 e. The number of fused-ring (bicyclic) bond motifs is 1. The molecule has 8 heteroatoms. The smallest absolute Gasteiger partial charge is 0.264 e. The van der Waals surface area contributed by atoms with Gasteiger partial charge in [0, 0.05) is 36.4 Å². The van der Waals surface area contributed by atoms with E-state index >= 15 is 0 Å². The van der Waals surface area contributed by atoms with Gasteiger partial charge in [-0.2, -0.15) is 0 Å². The summed E-state index contributed by atoms with van der Waals surface area (Å²) in [4.78, 5) is 12.6. The first kappa shape index (κ1) is 21.6. The Morgan fingerprint density at radius 2 is 1.97 bits per heavy atom. The van der Waals surface area contributed by atoms with Crippen LogP contribution in [-0.2, 0) is 21.2 Å². The van der Waals surface area contributed by atoms with E-state index in [1.54, 1.807) is 30.3 Å². The van der Waals surface area contributed by atoms with Crippen LogP contribution in [0.1, 0.15) is 36.2 Å². The number of halogens is 1. The van der Waals surface area contributed by atoms with Gasteiger partial charge in [-0.25, -0.2) is 8.42 Å². The van der Waals surface area contributed by atoms with Gasteiger partial charge in [0.2, 0.25) is 0 Å². The maximum Gasteiger partial charge on any atom is 0.264 e. The van der Waals surface area contributed by atoms with Crippen LogP contribution in [0, 0.1) is 0 Å². The molecule has 1 atom stereocenters. The fourth-order valence-corrected chi connectivity index (χ4v) is 5.27. The number of nitrogens with zero attached hydrogens (tertiary/aromatic N) is 1. The van der Waals surface area contributed by atoms with E-state index in [1.165, 1.54) is 16.4 Å². The maximum absolute atomic E-state index is 13.2. The van der Waals surface area contributed by atoms with E-state index in [-0.39, 0.29) is 16.8 Å². The molecule has 0 spiro atoms. The predicted octanol–water partition coefficient (Wildman–Crippen LogP) is 3.64. The molecule has 0 aromatic heterocycles. The molecule has 0 radical (unpaired) electrons. The molecule has 2 aromatic carbocycles. The summed E-state index contributed by atoms with van der Waals surface area (Å²) in [6, 6.07) is 11.1. The lowest BCUT2D eigenvalue weighted by molar-refractivity contribution is 0.0944. The molecule has 1 aliphatic heterocycles. The number of hydrogen-bond acceptors (Lipinski definition) is 4. The summed E-state index contributed by atoms with van der Waals surface area (Å²) in [6.07, 6.45) is 1.29. The van der Waals surface area contributed by atoms with Crippen LogP contribution in [-0.4, -0.2) is 40.1 Å². The molecule has 0 saturated heterocycles. The van der Waals surface area contributed by atoms with Crippen LogP contribution in [0.2, 0.25) is 5.02 Å². The van der Waals surface area contributed by atoms with Crippen molar-refractivity contribution >= 4 is 33.2 Å². The molecule has 0 saturated carbocycles. The minimum atomic E-state index is -3.71. The maximum atomic E-state index is 13.2. The molecule has 156 valence electrons. The van der Waals surface area contributed by atoms with Crippen molar-refractivity contribution in [3.8, 4) is 0 Å². The van der Waals surface area contributed by atoms with Crippen molar-refractivity contribution in [1.29, 1.82) is 0 Å². The van der Waals surface area contributed by atoms with E-state index < -0.39 is 10.0 Å². The second-order valence-electron chi connectivity index (χ2n) is 6.96. The Labute approximate surface area is 176 Å². The number of benzene rings is 2. The second-order valence-corrected chi connectivity index (χ2v) is 9.21. The molecule has 6 nitrogen and oxygen atoms in total. The summed E-state index contributed by atoms with van der Waals surface area (Å²) < 4.78 is 33.0. The monoisotopic (exact) mass is 436 g/mol. The first-order chi connectivity index (χ1) is 13.8. The SMILES string of the molecule is CCOCCCNC(=O)c1ccc2c(c1)C[C@H](C)N2S(=O)(=O)c1ccc(Cl)cc1. The molecule has 0 fully saturated rings. The lowest BCUT2D eigenvalue weighted by atomic mass is 10.1. The van der Waals surface area contributed by atoms with Crippen LogP contribution in [0.15, 0.2) is 47.4 Å². The average molecular weight is 437 g/mol. The minimum Gasteiger partial charge on any atom is -0.382 e. The number of ether oxygens (including phenoxy) is 1. The third-order valence-electron chi connectivity index (χ3n) is 4.82. The average Bonchev–Trinajstić information content (AvgIpc) is 3.03. The Morgan fingerprint density at radius 1 is 1.24 bits per heavy atom. The van der Waals surface area contributed by atoms with E-state index in [1.807, 2.05) is 13.8 Å². The first-order valence-electron chi connectivity index (χ1n) is 9.63. The Balaban J connectivity index is 1.78. The van der Waals surface area contributed by atoms with Crippen LogP contribution in [0.4, 0.5) is 5.69 Å². The zero-order valence-electron chi connectivity index (χ0n) is 16.5. The van der Waals surface area contributed by atoms with Crippen molar-refractivity contribution in [1.82, 2.24) is 5.32 Å². The highest BCUT2D eigenvalue weighted by Gasteiger charge is 2.36. The van der Waals surface area contributed by atoms with Gasteiger partial charge in [0.15, 0.2) is 0 Å². The molecule has 0 unspecified atom stereocenters. The molecular formula is C21H25ClN2O4S. The van der Waals surface area contributed by atoms with E-state index in [4.69, 9.17) is 16.3 Å². The molecule has 0 aliphatic carbocycles. The van der Waals surface area contributed by atoms with Crippen molar-refractivity contribution in [2.24, 2.45) is 0 Å². The fraction of sp³-hybridized carbons (Fsp3) is 0.381. The second kappa shape index (κ2) is 9.15. The number of hydrogen-bond donors (Lipinski definition) is 1. The lowest BCUT2D eigenvalue weighted by Crippen LogP contribution is -2.35. The van der Waals surface area contributed by atoms with Crippen molar-refractivity contribution in [2.75, 3.05) is 24.1 Å². The van der Waals surface area contributed by atoms with Gasteiger partial charge in [-0.3, -0.25) is 9.10 Å². The van der Waals surface area contributed by atoms with Crippen LogP contribution >= 0.6 is 11.6 Å². The molecule has 29 heavy (non-hydrogen) atoms. The van der Waals surface area contributed by atoms with E-state index in [9.17, 15) is 13.2 Å². The highest BCUT2D eigenvalue weighted by atomic mass is 35.5. The Morgan fingerprint density at radius 3 is 2.66 bits per heavy atom. The Hall–Kier alpha value is -2.09. The number of amides is 1. The molecule has 1 amide bonds. The quantitative estimate of drug-likeness (QED) is 0.641. The molecule has 1 aliphatic rings. The highest BCUT2D eigenvalue weighted by Crippen LogP contribution is 2.37. The number of carbonyl (C=O) groups is 1. The first-order valence-corrected chi connectivity index (χ1v) is 11.4. The molecule has 1 heterocycles. The molecule has 2 aromatic rings. The van der Waals surface area contributed by atoms with E-state index in [0.29, 0.717) is 42.5 Å². The standard InChI is InChI=1S/C21H25ClN2O4S/c1-3-28-12-4-11-23-21(25)16-5-10-20-17(14-16)13-15(2)24(20)29(26,27)19-8-6-18(22)7-9-19/h5-10,14-15H,3-4,11-13H2,1-2H3,(H,23,25)/t15-/m0/s1. The minimum absolute atomic E-state index is 0.170. The van der Waals surface area contributed by atoms with Gasteiger partial charge in [-0.1, -0.05) is 11.6 Å². The van der Waals surface area contributed by atoms with Crippen molar-refractivity contribution in [3.05, 3.63) is 58.6 Å². The van der Waals surface area contributed by atoms with Crippen LogP contribution in [0.5, 0.6) is 0 Å². The van der Waals surface area contributed by atoms with Crippen molar-refractivity contribution < 1.29 is 17.9 Å². The summed E-state index contributed by atoms with van der Waals surface area (Å²) in [5.41, 5.74) is 1.98. The molecule has 1 N–H and O–H groups in total. The molecule has 0 bridgehead atoms. The van der Waals surface area contributed by atoms with Gasteiger partial charge in [0.25, 0.3) is 15.9 Å². The van der Waals surface area contributed by atoms with Gasteiger partial charge >= 0.3 is 0 Å². The number of anilines is 1. The zero-order valence-corrected chi connectivity index (χ0v) is 18.1. The Kier molecular flexibility index (Phi) is 6.82. The topological polar surface area (TPSA) is 75.7 Å². The number of rotatable bonds is 8. The summed E-state index contributed by atoms with van der Waals surface area (Å²) in [5.74, 6) is -0.170. The van der Waals surface area contributed by atoms with E-state index in [0.717, 1.165) is 12.0 Å². The van der Waals surface area contributed by atoms with Gasteiger partial charge in [0.05, 0.1) is 10.6 Å². The lowest BCUT2D eigenvalue weighted by Gasteiger charge is -2.24. The predicted molar refractivity (Wildman–Crippen MR) is 114 cm³/mol. The fourth-order valence-electron chi connectivity index (χ4n) is 3.45. The molecule has 3 rings (SSSR count). The summed E-state index contributed by atoms with van der Waals surface area (Å²) in [6.45, 7) is 5.59. The number of sulfonamides is 1. The third-order valence-corrected chi connectivity index (χ3v) is 7.01. The van der Waals surface area contributed by atoms with Crippen LogP contribution in [0.25, 0.3) is 0 Å². The Bertz CT molecular complexity index is 977. The van der Waals surface area contributed by atoms with E-state index in [2.05, 4.69) is 5.32 Å². The summed E-state index contributed by atoms with van der Waals surface area (Å²) >= 11 is 5.89. The summed E-state index contributed by atoms with van der Waals surface area (Å²) in [7, 11) is -3.71. The van der Waals surface area contributed by atoms with Crippen molar-refractivity contribution in [3.63, 3.8) is 0 Å². The molecular weight excluding hydrogens is 412 g/mol. The van der Waals surface area contributed by atoms with Gasteiger partial charge in [0.1, 0.15) is 0 Å². The number of carbonyl (C=O) groups excluding carboxylic acids is 1.